The van der Waals surface area contributed by atoms with Gasteiger partial charge in [0.25, 0.3) is 0 Å². The van der Waals surface area contributed by atoms with Crippen LogP contribution < -0.4 is 10.1 Å². The minimum atomic E-state index is -0.0239. The summed E-state index contributed by atoms with van der Waals surface area (Å²) in [6, 6.07) is 7.76. The Balaban J connectivity index is 2.00. The molecule has 0 aliphatic heterocycles. The highest BCUT2D eigenvalue weighted by Gasteiger charge is 2.12. The number of anilines is 1. The lowest BCUT2D eigenvalue weighted by Crippen LogP contribution is -2.06. The van der Waals surface area contributed by atoms with Gasteiger partial charge < -0.3 is 14.6 Å². The first-order chi connectivity index (χ1) is 8.69. The van der Waals surface area contributed by atoms with E-state index in [4.69, 9.17) is 9.26 Å². The van der Waals surface area contributed by atoms with Gasteiger partial charge in [-0.2, -0.15) is 4.98 Å². The van der Waals surface area contributed by atoms with E-state index in [0.717, 1.165) is 11.4 Å². The maximum atomic E-state index is 5.39. The van der Waals surface area contributed by atoms with Gasteiger partial charge in [0.05, 0.1) is 6.61 Å². The molecule has 0 aliphatic rings. The molecule has 1 aromatic carbocycles. The Hall–Kier alpha value is -2.04. The molecule has 1 aromatic heterocycles. The first-order valence-electron chi connectivity index (χ1n) is 5.98. The van der Waals surface area contributed by atoms with Crippen LogP contribution in [0.3, 0.4) is 0 Å². The third-order valence-electron chi connectivity index (χ3n) is 2.46. The highest BCUT2D eigenvalue weighted by Crippen LogP contribution is 2.20. The third kappa shape index (κ3) is 3.00. The second kappa shape index (κ2) is 5.53. The molecule has 0 unspecified atom stereocenters. The number of nitrogens with one attached hydrogen (secondary N) is 1. The number of aromatic nitrogens is 2. The Morgan fingerprint density at radius 1 is 1.33 bits per heavy atom. The smallest absolute Gasteiger partial charge is 0.248 e. The summed E-state index contributed by atoms with van der Waals surface area (Å²) in [4.78, 5) is 4.19. The molecular weight excluding hydrogens is 230 g/mol. The fraction of sp³-hybridized carbons (Fsp3) is 0.385. The standard InChI is InChI=1S/C13H17N3O2/c1-4-17-12-7-5-11(6-8-12)14-9(2)13-15-10(3)16-18-13/h5-9,14H,4H2,1-3H3/t9-/m0/s1. The largest absolute Gasteiger partial charge is 0.494 e. The summed E-state index contributed by atoms with van der Waals surface area (Å²) < 4.78 is 10.5. The van der Waals surface area contributed by atoms with Gasteiger partial charge in [0.2, 0.25) is 5.89 Å². The van der Waals surface area contributed by atoms with Crippen molar-refractivity contribution >= 4 is 5.69 Å². The fourth-order valence-corrected chi connectivity index (χ4v) is 1.61. The van der Waals surface area contributed by atoms with Crippen LogP contribution in [-0.2, 0) is 0 Å². The Morgan fingerprint density at radius 3 is 2.61 bits per heavy atom. The molecule has 0 fully saturated rings. The van der Waals surface area contributed by atoms with Crippen LogP contribution in [0.25, 0.3) is 0 Å². The molecule has 2 rings (SSSR count). The van der Waals surface area contributed by atoms with E-state index in [1.807, 2.05) is 38.1 Å². The van der Waals surface area contributed by atoms with Gasteiger partial charge in [0, 0.05) is 5.69 Å². The van der Waals surface area contributed by atoms with Crippen LogP contribution in [0.5, 0.6) is 5.75 Å². The minimum Gasteiger partial charge on any atom is -0.494 e. The van der Waals surface area contributed by atoms with Crippen molar-refractivity contribution in [3.8, 4) is 5.75 Å². The van der Waals surface area contributed by atoms with Gasteiger partial charge in [0.1, 0.15) is 11.8 Å². The molecule has 5 heteroatoms. The van der Waals surface area contributed by atoms with Crippen molar-refractivity contribution in [2.45, 2.75) is 26.8 Å². The average molecular weight is 247 g/mol. The lowest BCUT2D eigenvalue weighted by molar-refractivity contribution is 0.340. The van der Waals surface area contributed by atoms with Crippen molar-refractivity contribution in [3.05, 3.63) is 36.0 Å². The van der Waals surface area contributed by atoms with Gasteiger partial charge in [-0.3, -0.25) is 0 Å². The summed E-state index contributed by atoms with van der Waals surface area (Å²) in [5.41, 5.74) is 0.988. The Kier molecular flexibility index (Phi) is 3.82. The Bertz CT molecular complexity index is 493. The van der Waals surface area contributed by atoms with Crippen molar-refractivity contribution in [1.29, 1.82) is 0 Å². The van der Waals surface area contributed by atoms with E-state index < -0.39 is 0 Å². The van der Waals surface area contributed by atoms with Gasteiger partial charge in [-0.1, -0.05) is 5.16 Å². The van der Waals surface area contributed by atoms with E-state index in [1.165, 1.54) is 0 Å². The van der Waals surface area contributed by atoms with Crippen LogP contribution in [-0.4, -0.2) is 16.7 Å². The molecule has 18 heavy (non-hydrogen) atoms. The molecule has 0 saturated heterocycles. The zero-order chi connectivity index (χ0) is 13.0. The van der Waals surface area contributed by atoms with Crippen LogP contribution in [0.2, 0.25) is 0 Å². The Morgan fingerprint density at radius 2 is 2.06 bits per heavy atom. The molecule has 0 spiro atoms. The van der Waals surface area contributed by atoms with Crippen LogP contribution in [0, 0.1) is 6.92 Å². The maximum Gasteiger partial charge on any atom is 0.248 e. The maximum absolute atomic E-state index is 5.39. The average Bonchev–Trinajstić information content (AvgIpc) is 2.79. The molecule has 2 aromatic rings. The number of nitrogens with zero attached hydrogens (tertiary/aromatic N) is 2. The lowest BCUT2D eigenvalue weighted by atomic mass is 10.2. The number of aryl methyl sites for hydroxylation is 1. The summed E-state index contributed by atoms with van der Waals surface area (Å²) in [5, 5.41) is 7.06. The molecule has 1 heterocycles. The molecule has 5 nitrogen and oxygen atoms in total. The predicted octanol–water partition coefficient (Wildman–Crippen LogP) is 2.95. The molecule has 96 valence electrons. The van der Waals surface area contributed by atoms with E-state index in [2.05, 4.69) is 15.5 Å². The summed E-state index contributed by atoms with van der Waals surface area (Å²) in [5.74, 6) is 2.09. The predicted molar refractivity (Wildman–Crippen MR) is 68.7 cm³/mol. The lowest BCUT2D eigenvalue weighted by Gasteiger charge is -2.11. The molecule has 0 radical (unpaired) electrons. The monoisotopic (exact) mass is 247 g/mol. The van der Waals surface area contributed by atoms with Gasteiger partial charge in [0.15, 0.2) is 5.82 Å². The number of hydrogen-bond acceptors (Lipinski definition) is 5. The fourth-order valence-electron chi connectivity index (χ4n) is 1.61. The number of benzene rings is 1. The molecule has 0 amide bonds. The van der Waals surface area contributed by atoms with E-state index in [-0.39, 0.29) is 6.04 Å². The Labute approximate surface area is 106 Å². The second-order valence-corrected chi connectivity index (χ2v) is 4.00. The zero-order valence-corrected chi connectivity index (χ0v) is 10.8. The van der Waals surface area contributed by atoms with Crippen molar-refractivity contribution in [3.63, 3.8) is 0 Å². The molecule has 1 N–H and O–H groups in total. The van der Waals surface area contributed by atoms with Crippen LogP contribution in [0.4, 0.5) is 5.69 Å². The van der Waals surface area contributed by atoms with Gasteiger partial charge in [-0.15, -0.1) is 0 Å². The van der Waals surface area contributed by atoms with Crippen molar-refractivity contribution < 1.29 is 9.26 Å². The van der Waals surface area contributed by atoms with Crippen molar-refractivity contribution in [2.24, 2.45) is 0 Å². The van der Waals surface area contributed by atoms with E-state index in [9.17, 15) is 0 Å². The van der Waals surface area contributed by atoms with Crippen LogP contribution >= 0.6 is 0 Å². The molecule has 0 bridgehead atoms. The normalized spacial score (nSPS) is 12.2. The number of ether oxygens (including phenoxy) is 1. The summed E-state index contributed by atoms with van der Waals surface area (Å²) in [6.07, 6.45) is 0. The van der Waals surface area contributed by atoms with Gasteiger partial charge in [-0.25, -0.2) is 0 Å². The quantitative estimate of drug-likeness (QED) is 0.880. The highest BCUT2D eigenvalue weighted by molar-refractivity contribution is 5.47. The van der Waals surface area contributed by atoms with Crippen LogP contribution in [0.15, 0.2) is 28.8 Å². The molecule has 1 atom stereocenters. The first-order valence-corrected chi connectivity index (χ1v) is 5.98. The van der Waals surface area contributed by atoms with E-state index in [0.29, 0.717) is 18.3 Å². The summed E-state index contributed by atoms with van der Waals surface area (Å²) in [6.45, 7) is 6.41. The minimum absolute atomic E-state index is 0.0239. The van der Waals surface area contributed by atoms with E-state index >= 15 is 0 Å². The number of rotatable bonds is 5. The first kappa shape index (κ1) is 12.4. The molecule has 0 aliphatic carbocycles. The van der Waals surface area contributed by atoms with Gasteiger partial charge in [-0.05, 0) is 45.0 Å². The molecule has 0 saturated carbocycles. The summed E-state index contributed by atoms with van der Waals surface area (Å²) in [7, 11) is 0. The van der Waals surface area contributed by atoms with Crippen LogP contribution in [0.1, 0.15) is 31.6 Å². The van der Waals surface area contributed by atoms with Crippen molar-refractivity contribution in [1.82, 2.24) is 10.1 Å². The topological polar surface area (TPSA) is 60.2 Å². The summed E-state index contributed by atoms with van der Waals surface area (Å²) >= 11 is 0. The number of hydrogen-bond donors (Lipinski definition) is 1. The molecular formula is C13H17N3O2. The van der Waals surface area contributed by atoms with E-state index in [1.54, 1.807) is 6.92 Å². The second-order valence-electron chi connectivity index (χ2n) is 4.00. The van der Waals surface area contributed by atoms with Crippen molar-refractivity contribution in [2.75, 3.05) is 11.9 Å². The SMILES string of the molecule is CCOc1ccc(N[C@@H](C)c2nc(C)no2)cc1. The highest BCUT2D eigenvalue weighted by atomic mass is 16.5. The van der Waals surface area contributed by atoms with Gasteiger partial charge >= 0.3 is 0 Å². The third-order valence-corrected chi connectivity index (χ3v) is 2.46. The zero-order valence-electron chi connectivity index (χ0n) is 10.8.